The number of rotatable bonds is 5. The molecule has 0 atom stereocenters. The van der Waals surface area contributed by atoms with Crippen LogP contribution in [-0.2, 0) is 14.4 Å². The Balaban J connectivity index is 1.24. The summed E-state index contributed by atoms with van der Waals surface area (Å²) < 4.78 is 0. The number of nitrogens with zero attached hydrogens (tertiary/aromatic N) is 2. The normalized spacial score (nSPS) is 20.9. The van der Waals surface area contributed by atoms with Gasteiger partial charge in [-0.3, -0.25) is 14.4 Å². The SMILES string of the molecule is Cc1ccc(NC(=O)C(=O)NCC2CCN(C3CCCC3)CC2)cc1N1CCCC1=O. The van der Waals surface area contributed by atoms with Gasteiger partial charge in [0.05, 0.1) is 0 Å². The molecule has 168 valence electrons. The number of nitrogens with one attached hydrogen (secondary N) is 2. The van der Waals surface area contributed by atoms with Gasteiger partial charge in [0.15, 0.2) is 0 Å². The minimum Gasteiger partial charge on any atom is -0.348 e. The first-order chi connectivity index (χ1) is 15.0. The first kappa shape index (κ1) is 21.8. The van der Waals surface area contributed by atoms with E-state index in [1.54, 1.807) is 17.0 Å². The van der Waals surface area contributed by atoms with Crippen molar-refractivity contribution in [2.24, 2.45) is 5.92 Å². The summed E-state index contributed by atoms with van der Waals surface area (Å²) in [7, 11) is 0. The number of carbonyl (C=O) groups excluding carboxylic acids is 3. The average Bonchev–Trinajstić information content (AvgIpc) is 3.46. The molecule has 1 aliphatic carbocycles. The minimum atomic E-state index is -0.661. The van der Waals surface area contributed by atoms with E-state index in [0.717, 1.165) is 49.6 Å². The zero-order chi connectivity index (χ0) is 21.8. The summed E-state index contributed by atoms with van der Waals surface area (Å²) in [6.07, 6.45) is 8.91. The smallest absolute Gasteiger partial charge is 0.313 e. The predicted molar refractivity (Wildman–Crippen MR) is 121 cm³/mol. The molecule has 1 saturated carbocycles. The van der Waals surface area contributed by atoms with E-state index < -0.39 is 11.8 Å². The highest BCUT2D eigenvalue weighted by Gasteiger charge is 2.28. The van der Waals surface area contributed by atoms with Gasteiger partial charge in [0.25, 0.3) is 0 Å². The van der Waals surface area contributed by atoms with E-state index in [1.807, 2.05) is 13.0 Å². The van der Waals surface area contributed by atoms with E-state index in [-0.39, 0.29) is 5.91 Å². The van der Waals surface area contributed by atoms with Crippen LogP contribution >= 0.6 is 0 Å². The molecule has 0 unspecified atom stereocenters. The van der Waals surface area contributed by atoms with Crippen LogP contribution in [0.1, 0.15) is 56.9 Å². The van der Waals surface area contributed by atoms with E-state index in [9.17, 15) is 14.4 Å². The lowest BCUT2D eigenvalue weighted by atomic mass is 9.95. The molecular formula is C24H34N4O3. The fourth-order valence-electron chi connectivity index (χ4n) is 5.18. The van der Waals surface area contributed by atoms with Gasteiger partial charge in [-0.2, -0.15) is 0 Å². The van der Waals surface area contributed by atoms with Crippen molar-refractivity contribution in [2.45, 2.75) is 64.3 Å². The summed E-state index contributed by atoms with van der Waals surface area (Å²) in [4.78, 5) is 41.1. The van der Waals surface area contributed by atoms with Crippen molar-refractivity contribution in [2.75, 3.05) is 36.4 Å². The molecule has 3 amide bonds. The van der Waals surface area contributed by atoms with Crippen LogP contribution in [0.15, 0.2) is 18.2 Å². The topological polar surface area (TPSA) is 81.8 Å². The largest absolute Gasteiger partial charge is 0.348 e. The van der Waals surface area contributed by atoms with Crippen molar-refractivity contribution in [1.29, 1.82) is 0 Å². The number of benzene rings is 1. The van der Waals surface area contributed by atoms with E-state index in [1.165, 1.54) is 25.7 Å². The molecule has 2 aliphatic heterocycles. The molecule has 3 fully saturated rings. The zero-order valence-corrected chi connectivity index (χ0v) is 18.5. The molecule has 0 bridgehead atoms. The van der Waals surface area contributed by atoms with E-state index in [0.29, 0.717) is 31.1 Å². The fraction of sp³-hybridized carbons (Fsp3) is 0.625. The first-order valence-corrected chi connectivity index (χ1v) is 11.8. The maximum absolute atomic E-state index is 12.4. The Bertz CT molecular complexity index is 826. The Hall–Kier alpha value is -2.41. The summed E-state index contributed by atoms with van der Waals surface area (Å²) in [5.74, 6) is -0.728. The molecule has 7 nitrogen and oxygen atoms in total. The van der Waals surface area contributed by atoms with Crippen molar-refractivity contribution >= 4 is 29.1 Å². The molecule has 3 aliphatic rings. The number of anilines is 2. The Morgan fingerprint density at radius 2 is 1.74 bits per heavy atom. The number of aryl methyl sites for hydroxylation is 1. The van der Waals surface area contributed by atoms with Gasteiger partial charge < -0.3 is 20.4 Å². The van der Waals surface area contributed by atoms with Gasteiger partial charge in [0.2, 0.25) is 5.91 Å². The molecular weight excluding hydrogens is 392 g/mol. The zero-order valence-electron chi connectivity index (χ0n) is 18.5. The van der Waals surface area contributed by atoms with Crippen molar-refractivity contribution in [3.63, 3.8) is 0 Å². The lowest BCUT2D eigenvalue weighted by Gasteiger charge is -2.36. The number of piperidine rings is 1. The molecule has 2 heterocycles. The van der Waals surface area contributed by atoms with Gasteiger partial charge in [-0.1, -0.05) is 18.9 Å². The third kappa shape index (κ3) is 5.26. The van der Waals surface area contributed by atoms with Gasteiger partial charge in [0.1, 0.15) is 0 Å². The van der Waals surface area contributed by atoms with Crippen LogP contribution in [0, 0.1) is 12.8 Å². The number of hydrogen-bond donors (Lipinski definition) is 2. The van der Waals surface area contributed by atoms with Crippen LogP contribution in [0.25, 0.3) is 0 Å². The van der Waals surface area contributed by atoms with Gasteiger partial charge in [-0.05, 0) is 75.7 Å². The molecule has 7 heteroatoms. The van der Waals surface area contributed by atoms with Crippen LogP contribution in [0.5, 0.6) is 0 Å². The molecule has 1 aromatic rings. The van der Waals surface area contributed by atoms with Crippen LogP contribution in [0.4, 0.5) is 11.4 Å². The molecule has 0 radical (unpaired) electrons. The van der Waals surface area contributed by atoms with Crippen molar-refractivity contribution in [3.05, 3.63) is 23.8 Å². The van der Waals surface area contributed by atoms with Gasteiger partial charge in [-0.25, -0.2) is 0 Å². The minimum absolute atomic E-state index is 0.100. The first-order valence-electron chi connectivity index (χ1n) is 11.8. The molecule has 0 spiro atoms. The lowest BCUT2D eigenvalue weighted by molar-refractivity contribution is -0.136. The summed E-state index contributed by atoms with van der Waals surface area (Å²) >= 11 is 0. The molecule has 0 aromatic heterocycles. The quantitative estimate of drug-likeness (QED) is 0.710. The van der Waals surface area contributed by atoms with Crippen LogP contribution < -0.4 is 15.5 Å². The van der Waals surface area contributed by atoms with Crippen molar-refractivity contribution in [1.82, 2.24) is 10.2 Å². The van der Waals surface area contributed by atoms with Crippen molar-refractivity contribution in [3.8, 4) is 0 Å². The highest BCUT2D eigenvalue weighted by atomic mass is 16.2. The second-order valence-electron chi connectivity index (χ2n) is 9.23. The number of carbonyl (C=O) groups is 3. The maximum atomic E-state index is 12.4. The average molecular weight is 427 g/mol. The van der Waals surface area contributed by atoms with Crippen LogP contribution in [0.3, 0.4) is 0 Å². The van der Waals surface area contributed by atoms with Gasteiger partial charge in [-0.15, -0.1) is 0 Å². The molecule has 1 aromatic carbocycles. The van der Waals surface area contributed by atoms with Gasteiger partial charge >= 0.3 is 11.8 Å². The van der Waals surface area contributed by atoms with Crippen LogP contribution in [0.2, 0.25) is 0 Å². The Morgan fingerprint density at radius 1 is 1.00 bits per heavy atom. The predicted octanol–water partition coefficient (Wildman–Crippen LogP) is 2.83. The Morgan fingerprint density at radius 3 is 2.42 bits per heavy atom. The second kappa shape index (κ2) is 9.81. The molecule has 4 rings (SSSR count). The Labute approximate surface area is 184 Å². The number of likely N-dealkylation sites (tertiary alicyclic amines) is 1. The summed E-state index contributed by atoms with van der Waals surface area (Å²) in [6, 6.07) is 6.18. The lowest BCUT2D eigenvalue weighted by Crippen LogP contribution is -2.44. The van der Waals surface area contributed by atoms with Gasteiger partial charge in [0, 0.05) is 36.9 Å². The molecule has 31 heavy (non-hydrogen) atoms. The van der Waals surface area contributed by atoms with E-state index >= 15 is 0 Å². The fourth-order valence-corrected chi connectivity index (χ4v) is 5.18. The monoisotopic (exact) mass is 426 g/mol. The standard InChI is InChI=1S/C24H34N4O3/c1-17-8-9-19(15-21(17)28-12-4-7-22(28)29)26-24(31)23(30)25-16-18-10-13-27(14-11-18)20-5-2-3-6-20/h8-9,15,18,20H,2-7,10-14,16H2,1H3,(H,25,30)(H,26,31). The summed E-state index contributed by atoms with van der Waals surface area (Å²) in [6.45, 7) is 5.37. The second-order valence-corrected chi connectivity index (χ2v) is 9.23. The maximum Gasteiger partial charge on any atom is 0.313 e. The molecule has 2 saturated heterocycles. The summed E-state index contributed by atoms with van der Waals surface area (Å²) in [5, 5.41) is 5.49. The highest BCUT2D eigenvalue weighted by Crippen LogP contribution is 2.29. The Kier molecular flexibility index (Phi) is 6.90. The van der Waals surface area contributed by atoms with E-state index in [4.69, 9.17) is 0 Å². The van der Waals surface area contributed by atoms with E-state index in [2.05, 4.69) is 15.5 Å². The summed E-state index contributed by atoms with van der Waals surface area (Å²) in [5.41, 5.74) is 2.31. The van der Waals surface area contributed by atoms with Crippen LogP contribution in [-0.4, -0.2) is 54.8 Å². The molecule has 2 N–H and O–H groups in total. The third-order valence-electron chi connectivity index (χ3n) is 7.08. The van der Waals surface area contributed by atoms with Crippen molar-refractivity contribution < 1.29 is 14.4 Å². The third-order valence-corrected chi connectivity index (χ3v) is 7.08. The number of hydrogen-bond acceptors (Lipinski definition) is 4. The number of amides is 3. The highest BCUT2D eigenvalue weighted by molar-refractivity contribution is 6.39.